The number of epoxide rings is 1. The van der Waals surface area contributed by atoms with Crippen molar-refractivity contribution in [2.24, 2.45) is 5.73 Å². The molecule has 10 heteroatoms. The standard InChI is InChI=1S/C43H78NO8P/c1-3-5-7-9-11-12-13-14-15-16-17-18-19-23-27-31-36-48-40(39-51-53(46,47)50-37-35-44)38-49-43(45)34-30-26-22-20-21-25-29-33-42-41(52-42)32-28-24-10-8-6-4-2/h20,22,24-25,28-29,31,36,40-42H,3-19,21,23,26-27,30,32-35,37-39,44H2,1-2H3,(H,46,47)/b22-20-,28-24-,29-25-,36-31+/t40-,41?,42?/m1/s1. The van der Waals surface area contributed by atoms with Crippen molar-refractivity contribution in [3.63, 3.8) is 0 Å². The first-order chi connectivity index (χ1) is 25.9. The zero-order valence-electron chi connectivity index (χ0n) is 33.7. The van der Waals surface area contributed by atoms with E-state index in [9.17, 15) is 14.3 Å². The lowest BCUT2D eigenvalue weighted by Gasteiger charge is -2.19. The maximum Gasteiger partial charge on any atom is 0.472 e. The summed E-state index contributed by atoms with van der Waals surface area (Å²) in [7, 11) is -4.28. The Morgan fingerprint density at radius 3 is 1.83 bits per heavy atom. The second-order valence-corrected chi connectivity index (χ2v) is 15.8. The Balaban J connectivity index is 2.19. The van der Waals surface area contributed by atoms with Crippen molar-refractivity contribution < 1.29 is 37.5 Å². The van der Waals surface area contributed by atoms with Gasteiger partial charge in [-0.2, -0.15) is 0 Å². The van der Waals surface area contributed by atoms with Crippen LogP contribution in [-0.4, -0.2) is 55.5 Å². The number of nitrogens with two attached hydrogens (primary N) is 1. The van der Waals surface area contributed by atoms with Crippen LogP contribution < -0.4 is 5.73 Å². The fourth-order valence-electron chi connectivity index (χ4n) is 5.90. The van der Waals surface area contributed by atoms with Crippen molar-refractivity contribution in [2.45, 2.75) is 193 Å². The highest BCUT2D eigenvalue weighted by molar-refractivity contribution is 7.47. The van der Waals surface area contributed by atoms with Crippen molar-refractivity contribution in [2.75, 3.05) is 26.4 Å². The lowest BCUT2D eigenvalue weighted by molar-refractivity contribution is -0.147. The van der Waals surface area contributed by atoms with Crippen LogP contribution in [0.4, 0.5) is 0 Å². The molecule has 1 heterocycles. The molecule has 3 N–H and O–H groups in total. The van der Waals surface area contributed by atoms with Gasteiger partial charge in [0.25, 0.3) is 0 Å². The summed E-state index contributed by atoms with van der Waals surface area (Å²) in [6.07, 6.45) is 45.5. The predicted octanol–water partition coefficient (Wildman–Crippen LogP) is 11.7. The van der Waals surface area contributed by atoms with E-state index in [1.165, 1.54) is 109 Å². The number of hydrogen-bond acceptors (Lipinski definition) is 8. The number of rotatable bonds is 39. The molecule has 53 heavy (non-hydrogen) atoms. The Morgan fingerprint density at radius 1 is 0.679 bits per heavy atom. The monoisotopic (exact) mass is 768 g/mol. The lowest BCUT2D eigenvalue weighted by Crippen LogP contribution is -2.25. The molecule has 1 aliphatic rings. The first kappa shape index (κ1) is 49.3. The average Bonchev–Trinajstić information content (AvgIpc) is 3.91. The first-order valence-electron chi connectivity index (χ1n) is 21.3. The van der Waals surface area contributed by atoms with Gasteiger partial charge in [0.05, 0.1) is 31.7 Å². The zero-order chi connectivity index (χ0) is 38.5. The van der Waals surface area contributed by atoms with Crippen LogP contribution in [0.2, 0.25) is 0 Å². The number of carbonyl (C=O) groups is 1. The highest BCUT2D eigenvalue weighted by Gasteiger charge is 2.36. The number of esters is 1. The van der Waals surface area contributed by atoms with E-state index in [2.05, 4.69) is 50.3 Å². The van der Waals surface area contributed by atoms with Gasteiger partial charge in [-0.25, -0.2) is 4.57 Å². The fourth-order valence-corrected chi connectivity index (χ4v) is 6.66. The summed E-state index contributed by atoms with van der Waals surface area (Å²) >= 11 is 0. The quantitative estimate of drug-likeness (QED) is 0.0157. The maximum atomic E-state index is 12.4. The lowest BCUT2D eigenvalue weighted by atomic mass is 10.0. The predicted molar refractivity (Wildman–Crippen MR) is 219 cm³/mol. The number of unbranched alkanes of at least 4 members (excludes halogenated alkanes) is 18. The molecule has 1 aliphatic heterocycles. The SMILES string of the molecule is CCCCC/C=C\CC1OC1C/C=C\C/C=C\CCCC(=O)OC[C@H](COP(=O)(O)OCCN)O/C=C/CCCCCCCCCCCCCCCC. The number of hydrogen-bond donors (Lipinski definition) is 2. The molecule has 1 rings (SSSR count). The Morgan fingerprint density at radius 2 is 1.19 bits per heavy atom. The number of phosphoric acid groups is 1. The molecule has 9 nitrogen and oxygen atoms in total. The molecule has 4 atom stereocenters. The summed E-state index contributed by atoms with van der Waals surface area (Å²) in [6.45, 7) is 4.11. The van der Waals surface area contributed by atoms with Gasteiger partial charge in [-0.15, -0.1) is 0 Å². The van der Waals surface area contributed by atoms with Gasteiger partial charge >= 0.3 is 13.8 Å². The van der Waals surface area contributed by atoms with Crippen LogP contribution in [0, 0.1) is 0 Å². The summed E-state index contributed by atoms with van der Waals surface area (Å²) in [6, 6.07) is 0. The summed E-state index contributed by atoms with van der Waals surface area (Å²) < 4.78 is 38.9. The van der Waals surface area contributed by atoms with Gasteiger partial charge < -0.3 is 24.8 Å². The molecule has 0 radical (unpaired) electrons. The molecular weight excluding hydrogens is 689 g/mol. The molecule has 1 fully saturated rings. The molecular formula is C43H78NO8P. The summed E-state index contributed by atoms with van der Waals surface area (Å²) in [5.41, 5.74) is 5.36. The van der Waals surface area contributed by atoms with E-state index in [0.717, 1.165) is 38.5 Å². The van der Waals surface area contributed by atoms with E-state index >= 15 is 0 Å². The minimum atomic E-state index is -4.28. The van der Waals surface area contributed by atoms with Crippen LogP contribution in [-0.2, 0) is 32.6 Å². The van der Waals surface area contributed by atoms with Crippen LogP contribution in [0.15, 0.2) is 48.8 Å². The molecule has 0 aromatic heterocycles. The number of carbonyl (C=O) groups excluding carboxylic acids is 1. The molecule has 0 spiro atoms. The van der Waals surface area contributed by atoms with Crippen molar-refractivity contribution in [3.8, 4) is 0 Å². The van der Waals surface area contributed by atoms with Crippen LogP contribution in [0.1, 0.15) is 174 Å². The van der Waals surface area contributed by atoms with E-state index < -0.39 is 13.9 Å². The fraction of sp³-hybridized carbons (Fsp3) is 0.791. The summed E-state index contributed by atoms with van der Waals surface area (Å²) in [4.78, 5) is 22.3. The van der Waals surface area contributed by atoms with Crippen molar-refractivity contribution >= 4 is 13.8 Å². The van der Waals surface area contributed by atoms with E-state index in [1.807, 2.05) is 6.08 Å². The normalized spacial score (nSPS) is 17.7. The van der Waals surface area contributed by atoms with E-state index in [4.69, 9.17) is 29.0 Å². The van der Waals surface area contributed by atoms with Gasteiger partial charge in [-0.1, -0.05) is 147 Å². The Kier molecular flexibility index (Phi) is 33.4. The Labute approximate surface area is 324 Å². The third kappa shape index (κ3) is 33.3. The topological polar surface area (TPSA) is 130 Å². The minimum Gasteiger partial charge on any atom is -0.492 e. The van der Waals surface area contributed by atoms with E-state index in [1.54, 1.807) is 6.26 Å². The zero-order valence-corrected chi connectivity index (χ0v) is 34.6. The molecule has 0 amide bonds. The van der Waals surface area contributed by atoms with E-state index in [-0.39, 0.29) is 38.8 Å². The van der Waals surface area contributed by atoms with Gasteiger partial charge in [-0.05, 0) is 63.9 Å². The van der Waals surface area contributed by atoms with Crippen LogP contribution >= 0.6 is 7.82 Å². The Bertz CT molecular complexity index is 1020. The minimum absolute atomic E-state index is 0.0904. The molecule has 308 valence electrons. The summed E-state index contributed by atoms with van der Waals surface area (Å²) in [5.74, 6) is -0.348. The van der Waals surface area contributed by atoms with Gasteiger partial charge in [0.2, 0.25) is 0 Å². The number of phosphoric ester groups is 1. The highest BCUT2D eigenvalue weighted by Crippen LogP contribution is 2.43. The van der Waals surface area contributed by atoms with Gasteiger partial charge in [0, 0.05) is 13.0 Å². The van der Waals surface area contributed by atoms with E-state index in [0.29, 0.717) is 18.6 Å². The number of allylic oxidation sites excluding steroid dienone is 5. The molecule has 0 saturated carbocycles. The first-order valence-corrected chi connectivity index (χ1v) is 22.8. The van der Waals surface area contributed by atoms with Crippen molar-refractivity contribution in [3.05, 3.63) is 48.8 Å². The van der Waals surface area contributed by atoms with Crippen molar-refractivity contribution in [1.82, 2.24) is 0 Å². The second kappa shape index (κ2) is 35.9. The largest absolute Gasteiger partial charge is 0.492 e. The molecule has 0 aliphatic carbocycles. The maximum absolute atomic E-state index is 12.4. The summed E-state index contributed by atoms with van der Waals surface area (Å²) in [5, 5.41) is 0. The van der Waals surface area contributed by atoms with Crippen LogP contribution in [0.5, 0.6) is 0 Å². The van der Waals surface area contributed by atoms with Gasteiger partial charge in [0.1, 0.15) is 6.61 Å². The molecule has 0 aromatic carbocycles. The third-order valence-corrected chi connectivity index (χ3v) is 10.2. The Hall–Kier alpha value is -1.74. The van der Waals surface area contributed by atoms with Crippen LogP contribution in [0.3, 0.4) is 0 Å². The number of ether oxygens (including phenoxy) is 3. The molecule has 3 unspecified atom stereocenters. The second-order valence-electron chi connectivity index (χ2n) is 14.3. The van der Waals surface area contributed by atoms with Crippen LogP contribution in [0.25, 0.3) is 0 Å². The van der Waals surface area contributed by atoms with Crippen molar-refractivity contribution in [1.29, 1.82) is 0 Å². The smallest absolute Gasteiger partial charge is 0.472 e. The third-order valence-electron chi connectivity index (χ3n) is 9.24. The van der Waals surface area contributed by atoms with Gasteiger partial charge in [-0.3, -0.25) is 13.8 Å². The highest BCUT2D eigenvalue weighted by atomic mass is 31.2. The molecule has 0 aromatic rings. The molecule has 0 bridgehead atoms. The molecule has 1 saturated heterocycles. The van der Waals surface area contributed by atoms with Gasteiger partial charge in [0.15, 0.2) is 6.10 Å². The average molecular weight is 768 g/mol.